The van der Waals surface area contributed by atoms with Gasteiger partial charge in [-0.1, -0.05) is 6.07 Å². The molecule has 0 amide bonds. The fourth-order valence-corrected chi connectivity index (χ4v) is 4.81. The normalized spacial score (nSPS) is 19.2. The lowest BCUT2D eigenvalue weighted by atomic mass is 10.1. The van der Waals surface area contributed by atoms with Crippen LogP contribution in [0.4, 0.5) is 0 Å². The molecule has 4 aromatic rings. The van der Waals surface area contributed by atoms with Crippen LogP contribution in [0.5, 0.6) is 0 Å². The highest BCUT2D eigenvalue weighted by atomic mass is 15.2. The van der Waals surface area contributed by atoms with Gasteiger partial charge in [0.25, 0.3) is 0 Å². The fourth-order valence-electron chi connectivity index (χ4n) is 4.81. The lowest BCUT2D eigenvalue weighted by molar-refractivity contribution is 0.172. The maximum Gasteiger partial charge on any atom is 0.116 e. The van der Waals surface area contributed by atoms with Crippen molar-refractivity contribution in [2.45, 2.75) is 45.7 Å². The van der Waals surface area contributed by atoms with E-state index in [0.29, 0.717) is 12.1 Å². The average molecular weight is 442 g/mol. The van der Waals surface area contributed by atoms with Crippen LogP contribution in [0.25, 0.3) is 33.8 Å². The molecular weight excluding hydrogens is 410 g/mol. The van der Waals surface area contributed by atoms with Crippen LogP contribution in [-0.4, -0.2) is 61.5 Å². The number of aromatic nitrogens is 5. The summed E-state index contributed by atoms with van der Waals surface area (Å²) in [4.78, 5) is 24.5. The predicted molar refractivity (Wildman–Crippen MR) is 132 cm³/mol. The van der Waals surface area contributed by atoms with Gasteiger partial charge in [0, 0.05) is 37.1 Å². The number of rotatable bonds is 6. The molecule has 5 heterocycles. The molecule has 0 unspecified atom stereocenters. The van der Waals surface area contributed by atoms with Crippen LogP contribution in [0.1, 0.15) is 31.5 Å². The summed E-state index contributed by atoms with van der Waals surface area (Å²) < 4.78 is 0. The van der Waals surface area contributed by atoms with E-state index >= 15 is 0 Å². The van der Waals surface area contributed by atoms with Gasteiger partial charge in [0.05, 0.1) is 34.4 Å². The number of fused-ring (bicyclic) bond motifs is 1. The van der Waals surface area contributed by atoms with Gasteiger partial charge in [-0.25, -0.2) is 9.97 Å². The number of H-pyrrole nitrogens is 1. The lowest BCUT2D eigenvalue weighted by Gasteiger charge is -2.36. The number of nitrogens with one attached hydrogen (secondary N) is 2. The first-order chi connectivity index (χ1) is 16.0. The van der Waals surface area contributed by atoms with Gasteiger partial charge in [0.15, 0.2) is 0 Å². The first kappa shape index (κ1) is 21.7. The Balaban J connectivity index is 1.33. The third-order valence-electron chi connectivity index (χ3n) is 6.19. The molecule has 1 aliphatic rings. The van der Waals surface area contributed by atoms with E-state index in [9.17, 15) is 0 Å². The van der Waals surface area contributed by atoms with Crippen LogP contribution in [0.2, 0.25) is 0 Å². The van der Waals surface area contributed by atoms with Crippen molar-refractivity contribution in [3.8, 4) is 22.8 Å². The fraction of sp³-hybridized carbons (Fsp3) is 0.385. The Labute approximate surface area is 194 Å². The predicted octanol–water partition coefficient (Wildman–Crippen LogP) is 4.01. The summed E-state index contributed by atoms with van der Waals surface area (Å²) in [5.74, 6) is 0. The van der Waals surface area contributed by atoms with Gasteiger partial charge in [-0.3, -0.25) is 9.97 Å². The van der Waals surface area contributed by atoms with E-state index < -0.39 is 0 Å². The number of piperazine rings is 1. The summed E-state index contributed by atoms with van der Waals surface area (Å²) in [6.07, 6.45) is 5.82. The van der Waals surface area contributed by atoms with Crippen molar-refractivity contribution in [3.63, 3.8) is 0 Å². The highest BCUT2D eigenvalue weighted by molar-refractivity contribution is 5.81. The molecule has 5 rings (SSSR count). The van der Waals surface area contributed by atoms with E-state index in [-0.39, 0.29) is 0 Å². The Morgan fingerprint density at radius 3 is 2.64 bits per heavy atom. The van der Waals surface area contributed by atoms with Crippen LogP contribution in [0.15, 0.2) is 48.9 Å². The molecule has 0 saturated carbocycles. The molecule has 7 nitrogen and oxygen atoms in total. The second kappa shape index (κ2) is 9.37. The molecule has 1 fully saturated rings. The second-order valence-electron chi connectivity index (χ2n) is 9.20. The Bertz CT molecular complexity index is 1240. The first-order valence-electron chi connectivity index (χ1n) is 11.8. The summed E-state index contributed by atoms with van der Waals surface area (Å²) in [7, 11) is 0. The maximum atomic E-state index is 4.92. The Hall–Kier alpha value is -3.16. The SMILES string of the molecule is Cc1cccc(-c2nc[nH]c2-c2ccc3ncc(CCCN4C[C@@H](C)N[C@@H](C)C4)cc3n2)n1. The van der Waals surface area contributed by atoms with E-state index in [1.807, 2.05) is 43.5 Å². The minimum Gasteiger partial charge on any atom is -0.343 e. The van der Waals surface area contributed by atoms with Gasteiger partial charge in [-0.05, 0) is 76.1 Å². The quantitative estimate of drug-likeness (QED) is 0.471. The molecule has 7 heteroatoms. The zero-order valence-corrected chi connectivity index (χ0v) is 19.5. The molecule has 2 atom stereocenters. The summed E-state index contributed by atoms with van der Waals surface area (Å²) in [5, 5.41) is 3.60. The zero-order chi connectivity index (χ0) is 22.8. The third kappa shape index (κ3) is 4.94. The number of pyridine rings is 3. The second-order valence-corrected chi connectivity index (χ2v) is 9.20. The summed E-state index contributed by atoms with van der Waals surface area (Å²) >= 11 is 0. The zero-order valence-electron chi connectivity index (χ0n) is 19.5. The minimum atomic E-state index is 0.557. The van der Waals surface area contributed by atoms with Crippen LogP contribution in [-0.2, 0) is 6.42 Å². The monoisotopic (exact) mass is 441 g/mol. The number of aryl methyl sites for hydroxylation is 2. The van der Waals surface area contributed by atoms with E-state index in [0.717, 1.165) is 72.0 Å². The maximum absolute atomic E-state index is 4.92. The van der Waals surface area contributed by atoms with Crippen molar-refractivity contribution in [2.24, 2.45) is 0 Å². The van der Waals surface area contributed by atoms with Crippen LogP contribution >= 0.6 is 0 Å². The first-order valence-corrected chi connectivity index (χ1v) is 11.8. The molecule has 4 aromatic heterocycles. The summed E-state index contributed by atoms with van der Waals surface area (Å²) in [6, 6.07) is 13.3. The van der Waals surface area contributed by atoms with Gasteiger partial charge >= 0.3 is 0 Å². The number of imidazole rings is 1. The van der Waals surface area contributed by atoms with Crippen LogP contribution in [0.3, 0.4) is 0 Å². The van der Waals surface area contributed by atoms with Gasteiger partial charge in [0.2, 0.25) is 0 Å². The smallest absolute Gasteiger partial charge is 0.116 e. The van der Waals surface area contributed by atoms with Gasteiger partial charge in [-0.15, -0.1) is 0 Å². The molecule has 0 spiro atoms. The number of hydrogen-bond acceptors (Lipinski definition) is 6. The Morgan fingerprint density at radius 1 is 0.970 bits per heavy atom. The van der Waals surface area contributed by atoms with Crippen molar-refractivity contribution < 1.29 is 0 Å². The molecular formula is C26H31N7. The van der Waals surface area contributed by atoms with E-state index in [1.165, 1.54) is 5.56 Å². The lowest BCUT2D eigenvalue weighted by Crippen LogP contribution is -2.54. The van der Waals surface area contributed by atoms with Crippen molar-refractivity contribution in [3.05, 3.63) is 60.2 Å². The molecule has 2 N–H and O–H groups in total. The molecule has 0 radical (unpaired) electrons. The molecule has 1 saturated heterocycles. The topological polar surface area (TPSA) is 82.6 Å². The van der Waals surface area contributed by atoms with Crippen LogP contribution < -0.4 is 5.32 Å². The van der Waals surface area contributed by atoms with Gasteiger partial charge in [0.1, 0.15) is 5.69 Å². The van der Waals surface area contributed by atoms with Crippen molar-refractivity contribution in [1.29, 1.82) is 0 Å². The number of hydrogen-bond donors (Lipinski definition) is 2. The highest BCUT2D eigenvalue weighted by Crippen LogP contribution is 2.28. The van der Waals surface area contributed by atoms with Crippen molar-refractivity contribution in [1.82, 2.24) is 35.1 Å². The molecule has 0 bridgehead atoms. The molecule has 0 aromatic carbocycles. The van der Waals surface area contributed by atoms with Crippen molar-refractivity contribution in [2.75, 3.05) is 19.6 Å². The largest absolute Gasteiger partial charge is 0.343 e. The average Bonchev–Trinajstić information content (AvgIpc) is 3.28. The Kier molecular flexibility index (Phi) is 6.15. The van der Waals surface area contributed by atoms with E-state index in [1.54, 1.807) is 6.33 Å². The highest BCUT2D eigenvalue weighted by Gasteiger charge is 2.20. The molecule has 170 valence electrons. The molecule has 0 aliphatic carbocycles. The van der Waals surface area contributed by atoms with E-state index in [2.05, 4.69) is 50.1 Å². The number of aromatic amines is 1. The molecule has 1 aliphatic heterocycles. The molecule has 33 heavy (non-hydrogen) atoms. The summed E-state index contributed by atoms with van der Waals surface area (Å²) in [6.45, 7) is 9.86. The minimum absolute atomic E-state index is 0.557. The Morgan fingerprint density at radius 2 is 1.82 bits per heavy atom. The van der Waals surface area contributed by atoms with Crippen LogP contribution in [0, 0.1) is 6.92 Å². The van der Waals surface area contributed by atoms with Gasteiger partial charge < -0.3 is 15.2 Å². The van der Waals surface area contributed by atoms with E-state index in [4.69, 9.17) is 4.98 Å². The standard InChI is InChI=1S/C26H31N7/c1-17-6-4-8-22(31-17)25-26(29-16-28-25)23-10-9-21-24(32-23)12-20(13-27-21)7-5-11-33-14-18(2)30-19(3)15-33/h4,6,8-10,12-13,16,18-19,30H,5,7,11,14-15H2,1-3H3,(H,28,29)/t18-,19+. The third-order valence-corrected chi connectivity index (χ3v) is 6.19. The van der Waals surface area contributed by atoms with Crippen molar-refractivity contribution >= 4 is 11.0 Å². The van der Waals surface area contributed by atoms with Gasteiger partial charge in [-0.2, -0.15) is 0 Å². The summed E-state index contributed by atoms with van der Waals surface area (Å²) in [5.41, 5.74) is 7.39. The number of nitrogens with zero attached hydrogens (tertiary/aromatic N) is 5.